The molecule has 2 rings (SSSR count). The van der Waals surface area contributed by atoms with Gasteiger partial charge in [0.25, 0.3) is 0 Å². The maximum atomic E-state index is 13.1. The summed E-state index contributed by atoms with van der Waals surface area (Å²) in [5.41, 5.74) is 2.02. The largest absolute Gasteiger partial charge is 0.357 e. The molecule has 0 aliphatic heterocycles. The Kier molecular flexibility index (Phi) is 9.57. The zero-order valence-corrected chi connectivity index (χ0v) is 21.5. The molecule has 2 aromatic rings. The molecule has 1 atom stereocenters. The molecule has 0 aromatic heterocycles. The Balaban J connectivity index is 2.20. The number of carbonyl (C=O) groups excluding carboxylic acids is 2. The summed E-state index contributed by atoms with van der Waals surface area (Å²) >= 11 is 12.6. The van der Waals surface area contributed by atoms with E-state index in [0.29, 0.717) is 21.3 Å². The average Bonchev–Trinajstić information content (AvgIpc) is 2.74. The van der Waals surface area contributed by atoms with Gasteiger partial charge in [-0.15, -0.1) is 0 Å². The second kappa shape index (κ2) is 11.7. The van der Waals surface area contributed by atoms with E-state index >= 15 is 0 Å². The summed E-state index contributed by atoms with van der Waals surface area (Å²) < 4.78 is 26.0. The van der Waals surface area contributed by atoms with Crippen molar-refractivity contribution in [2.75, 3.05) is 24.2 Å². The number of nitrogens with zero attached hydrogens (tertiary/aromatic N) is 2. The van der Waals surface area contributed by atoms with Gasteiger partial charge in [-0.2, -0.15) is 0 Å². The Morgan fingerprint density at radius 1 is 1.09 bits per heavy atom. The van der Waals surface area contributed by atoms with E-state index in [0.717, 1.165) is 11.8 Å². The van der Waals surface area contributed by atoms with Crippen molar-refractivity contribution in [1.29, 1.82) is 0 Å². The van der Waals surface area contributed by atoms with Crippen LogP contribution in [0, 0.1) is 6.92 Å². The minimum absolute atomic E-state index is 0.0429. The number of benzene rings is 2. The Labute approximate surface area is 205 Å². The quantitative estimate of drug-likeness (QED) is 0.519. The smallest absolute Gasteiger partial charge is 0.242 e. The number of nitrogens with one attached hydrogen (secondary N) is 1. The number of rotatable bonds is 10. The van der Waals surface area contributed by atoms with E-state index in [2.05, 4.69) is 5.32 Å². The van der Waals surface area contributed by atoms with Crippen LogP contribution in [0.1, 0.15) is 30.9 Å². The molecule has 2 aromatic carbocycles. The highest BCUT2D eigenvalue weighted by Gasteiger charge is 2.27. The molecule has 0 fully saturated rings. The first-order valence-corrected chi connectivity index (χ1v) is 13.0. The Bertz CT molecular complexity index is 1090. The predicted molar refractivity (Wildman–Crippen MR) is 133 cm³/mol. The topological polar surface area (TPSA) is 86.8 Å². The summed E-state index contributed by atoms with van der Waals surface area (Å²) in [5, 5.41) is 3.34. The predicted octanol–water partition coefficient (Wildman–Crippen LogP) is 4.01. The normalized spacial score (nSPS) is 12.2. The Hall–Kier alpha value is -2.29. The van der Waals surface area contributed by atoms with E-state index in [1.165, 1.54) is 16.3 Å². The molecular formula is C23H29Cl2N3O4S. The standard InChI is InChI=1S/C23H29Cl2N3O4S/c1-16-8-5-9-18(14-16)28(33(4,31)32)13-7-12-22(29)27(17(2)23(30)26-3)15-19-20(24)10-6-11-21(19)25/h5-6,8-11,14,17H,7,12-13,15H2,1-4H3,(H,26,30)/t17-/m0/s1. The van der Waals surface area contributed by atoms with E-state index in [-0.39, 0.29) is 37.7 Å². The first-order chi connectivity index (χ1) is 15.5. The molecule has 0 radical (unpaired) electrons. The average molecular weight is 514 g/mol. The molecule has 0 saturated carbocycles. The molecule has 7 nitrogen and oxygen atoms in total. The molecule has 0 aliphatic carbocycles. The molecule has 33 heavy (non-hydrogen) atoms. The van der Waals surface area contributed by atoms with E-state index in [4.69, 9.17) is 23.2 Å². The summed E-state index contributed by atoms with van der Waals surface area (Å²) in [6.07, 6.45) is 1.45. The fraction of sp³-hybridized carbons (Fsp3) is 0.391. The number of hydrogen-bond acceptors (Lipinski definition) is 4. The van der Waals surface area contributed by atoms with Gasteiger partial charge in [-0.1, -0.05) is 41.4 Å². The van der Waals surface area contributed by atoms with Gasteiger partial charge in [0.05, 0.1) is 11.9 Å². The van der Waals surface area contributed by atoms with Gasteiger partial charge in [-0.25, -0.2) is 8.42 Å². The molecule has 0 aliphatic rings. The number of carbonyl (C=O) groups is 2. The van der Waals surface area contributed by atoms with Gasteiger partial charge in [0.15, 0.2) is 0 Å². The SMILES string of the molecule is CNC(=O)[C@H](C)N(Cc1c(Cl)cccc1Cl)C(=O)CCCN(c1cccc(C)c1)S(C)(=O)=O. The zero-order chi connectivity index (χ0) is 24.8. The summed E-state index contributed by atoms with van der Waals surface area (Å²) in [4.78, 5) is 26.8. The van der Waals surface area contributed by atoms with Crippen molar-refractivity contribution < 1.29 is 18.0 Å². The highest BCUT2D eigenvalue weighted by molar-refractivity contribution is 7.92. The molecule has 0 saturated heterocycles. The third-order valence-electron chi connectivity index (χ3n) is 5.25. The summed E-state index contributed by atoms with van der Waals surface area (Å²) in [7, 11) is -2.04. The van der Waals surface area contributed by atoms with Crippen molar-refractivity contribution in [3.05, 3.63) is 63.6 Å². The third kappa shape index (κ3) is 7.35. The van der Waals surface area contributed by atoms with Gasteiger partial charge in [0.2, 0.25) is 21.8 Å². The monoisotopic (exact) mass is 513 g/mol. The van der Waals surface area contributed by atoms with Crippen molar-refractivity contribution in [1.82, 2.24) is 10.2 Å². The molecule has 0 heterocycles. The van der Waals surface area contributed by atoms with Crippen LogP contribution >= 0.6 is 23.2 Å². The lowest BCUT2D eigenvalue weighted by Gasteiger charge is -2.29. The number of anilines is 1. The van der Waals surface area contributed by atoms with Crippen molar-refractivity contribution in [3.63, 3.8) is 0 Å². The van der Waals surface area contributed by atoms with E-state index < -0.39 is 16.1 Å². The highest BCUT2D eigenvalue weighted by atomic mass is 35.5. The second-order valence-corrected chi connectivity index (χ2v) is 10.5. The molecular weight excluding hydrogens is 485 g/mol. The second-order valence-electron chi connectivity index (χ2n) is 7.79. The van der Waals surface area contributed by atoms with Crippen molar-refractivity contribution >= 4 is 50.7 Å². The van der Waals surface area contributed by atoms with Crippen LogP contribution in [0.3, 0.4) is 0 Å². The number of hydrogen-bond donors (Lipinski definition) is 1. The van der Waals surface area contributed by atoms with Gasteiger partial charge >= 0.3 is 0 Å². The lowest BCUT2D eigenvalue weighted by Crippen LogP contribution is -2.47. The number of sulfonamides is 1. The fourth-order valence-corrected chi connectivity index (χ4v) is 4.91. The van der Waals surface area contributed by atoms with Crippen LogP contribution in [0.15, 0.2) is 42.5 Å². The van der Waals surface area contributed by atoms with Gasteiger partial charge in [0.1, 0.15) is 6.04 Å². The molecule has 0 unspecified atom stereocenters. The van der Waals surface area contributed by atoms with Crippen LogP contribution in [0.5, 0.6) is 0 Å². The van der Waals surface area contributed by atoms with Crippen molar-refractivity contribution in [2.45, 2.75) is 39.3 Å². The van der Waals surface area contributed by atoms with E-state index in [1.807, 2.05) is 13.0 Å². The van der Waals surface area contributed by atoms with E-state index in [9.17, 15) is 18.0 Å². The minimum Gasteiger partial charge on any atom is -0.357 e. The number of aryl methyl sites for hydroxylation is 1. The first kappa shape index (κ1) is 27.0. The lowest BCUT2D eigenvalue weighted by atomic mass is 10.1. The first-order valence-electron chi connectivity index (χ1n) is 10.4. The van der Waals surface area contributed by atoms with Gasteiger partial charge < -0.3 is 10.2 Å². The van der Waals surface area contributed by atoms with E-state index in [1.54, 1.807) is 43.3 Å². The summed E-state index contributed by atoms with van der Waals surface area (Å²) in [5.74, 6) is -0.635. The molecule has 0 bridgehead atoms. The Morgan fingerprint density at radius 3 is 2.24 bits per heavy atom. The minimum atomic E-state index is -3.54. The van der Waals surface area contributed by atoms with Crippen molar-refractivity contribution in [2.24, 2.45) is 0 Å². The van der Waals surface area contributed by atoms with Crippen LogP contribution < -0.4 is 9.62 Å². The molecule has 0 spiro atoms. The van der Waals surface area contributed by atoms with Gasteiger partial charge in [0, 0.05) is 42.2 Å². The fourth-order valence-electron chi connectivity index (χ4n) is 3.43. The molecule has 2 amide bonds. The highest BCUT2D eigenvalue weighted by Crippen LogP contribution is 2.27. The Morgan fingerprint density at radius 2 is 1.70 bits per heavy atom. The van der Waals surface area contributed by atoms with Crippen LogP contribution in [-0.2, 0) is 26.2 Å². The molecule has 1 N–H and O–H groups in total. The van der Waals surface area contributed by atoms with Gasteiger partial charge in [-0.3, -0.25) is 13.9 Å². The maximum Gasteiger partial charge on any atom is 0.242 e. The third-order valence-corrected chi connectivity index (χ3v) is 7.15. The van der Waals surface area contributed by atoms with Crippen LogP contribution in [-0.4, -0.2) is 51.0 Å². The molecule has 10 heteroatoms. The summed E-state index contributed by atoms with van der Waals surface area (Å²) in [6.45, 7) is 3.69. The maximum absolute atomic E-state index is 13.1. The zero-order valence-electron chi connectivity index (χ0n) is 19.1. The summed E-state index contributed by atoms with van der Waals surface area (Å²) in [6, 6.07) is 11.4. The molecule has 180 valence electrons. The number of halogens is 2. The number of likely N-dealkylation sites (N-methyl/N-ethyl adjacent to an activating group) is 1. The number of amides is 2. The van der Waals surface area contributed by atoms with Gasteiger partial charge in [-0.05, 0) is 50.1 Å². The van der Waals surface area contributed by atoms with Crippen LogP contribution in [0.2, 0.25) is 10.0 Å². The van der Waals surface area contributed by atoms with Crippen molar-refractivity contribution in [3.8, 4) is 0 Å². The van der Waals surface area contributed by atoms with Crippen LogP contribution in [0.4, 0.5) is 5.69 Å². The lowest BCUT2D eigenvalue weighted by molar-refractivity contribution is -0.140. The van der Waals surface area contributed by atoms with Crippen LogP contribution in [0.25, 0.3) is 0 Å².